The van der Waals surface area contributed by atoms with Crippen molar-refractivity contribution >= 4 is 21.5 Å². The van der Waals surface area contributed by atoms with E-state index in [1.807, 2.05) is 6.92 Å². The summed E-state index contributed by atoms with van der Waals surface area (Å²) in [4.78, 5) is 25.3. The summed E-state index contributed by atoms with van der Waals surface area (Å²) in [5, 5.41) is 0. The van der Waals surface area contributed by atoms with Crippen LogP contribution in [0.15, 0.2) is 94.6 Å². The van der Waals surface area contributed by atoms with E-state index in [0.717, 1.165) is 9.87 Å². The van der Waals surface area contributed by atoms with Gasteiger partial charge in [0.15, 0.2) is 5.78 Å². The maximum absolute atomic E-state index is 13.3. The van der Waals surface area contributed by atoms with Crippen molar-refractivity contribution in [2.24, 2.45) is 0 Å². The number of ketones is 1. The molecule has 0 unspecified atom stereocenters. The molecule has 142 valence electrons. The molecule has 0 amide bonds. The molecule has 0 bridgehead atoms. The van der Waals surface area contributed by atoms with E-state index >= 15 is 0 Å². The van der Waals surface area contributed by atoms with E-state index in [0.29, 0.717) is 5.56 Å². The van der Waals surface area contributed by atoms with Crippen molar-refractivity contribution in [2.45, 2.75) is 11.8 Å². The summed E-state index contributed by atoms with van der Waals surface area (Å²) < 4.78 is 27.5. The largest absolute Gasteiger partial charge is 0.292 e. The van der Waals surface area contributed by atoms with Gasteiger partial charge in [-0.15, -0.1) is 0 Å². The minimum absolute atomic E-state index is 0.0184. The molecule has 0 saturated carbocycles. The molecule has 0 aliphatic carbocycles. The van der Waals surface area contributed by atoms with E-state index in [2.05, 4.69) is 0 Å². The van der Waals surface area contributed by atoms with Crippen LogP contribution in [-0.4, -0.2) is 20.7 Å². The SMILES string of the molecule is Cc1ccc(S(=O)(=O)N(CC(=O)c2ccccc2)c2cccccc2=O)cc1. The van der Waals surface area contributed by atoms with E-state index in [9.17, 15) is 18.0 Å². The Morgan fingerprint density at radius 2 is 1.39 bits per heavy atom. The Bertz CT molecular complexity index is 1140. The zero-order chi connectivity index (χ0) is 20.1. The minimum Gasteiger partial charge on any atom is -0.292 e. The minimum atomic E-state index is -4.11. The lowest BCUT2D eigenvalue weighted by Crippen LogP contribution is -2.38. The van der Waals surface area contributed by atoms with Crippen LogP contribution in [0, 0.1) is 6.92 Å². The summed E-state index contributed by atoms with van der Waals surface area (Å²) in [6.07, 6.45) is 0. The van der Waals surface area contributed by atoms with Crippen LogP contribution in [0.5, 0.6) is 0 Å². The summed E-state index contributed by atoms with van der Waals surface area (Å²) in [5.41, 5.74) is 0.720. The molecule has 0 spiro atoms. The van der Waals surface area contributed by atoms with Crippen LogP contribution < -0.4 is 9.73 Å². The van der Waals surface area contributed by atoms with Crippen LogP contribution in [0.2, 0.25) is 0 Å². The van der Waals surface area contributed by atoms with Gasteiger partial charge in [0.05, 0.1) is 17.1 Å². The van der Waals surface area contributed by atoms with Crippen molar-refractivity contribution in [2.75, 3.05) is 10.8 Å². The van der Waals surface area contributed by atoms with Crippen LogP contribution in [-0.2, 0) is 10.0 Å². The third kappa shape index (κ3) is 4.18. The smallest absolute Gasteiger partial charge is 0.264 e. The number of carbonyl (C=O) groups is 1. The van der Waals surface area contributed by atoms with Gasteiger partial charge in [0.2, 0.25) is 5.43 Å². The van der Waals surface area contributed by atoms with Crippen molar-refractivity contribution in [3.8, 4) is 0 Å². The number of anilines is 1. The van der Waals surface area contributed by atoms with Gasteiger partial charge in [-0.05, 0) is 31.2 Å². The molecule has 3 rings (SSSR count). The monoisotopic (exact) mass is 393 g/mol. The first-order chi connectivity index (χ1) is 13.4. The molecule has 0 aliphatic rings. The van der Waals surface area contributed by atoms with Crippen LogP contribution in [0.25, 0.3) is 0 Å². The number of hydrogen-bond acceptors (Lipinski definition) is 4. The number of sulfonamides is 1. The predicted molar refractivity (Wildman–Crippen MR) is 109 cm³/mol. The normalized spacial score (nSPS) is 11.0. The Balaban J connectivity index is 2.12. The van der Waals surface area contributed by atoms with Crippen molar-refractivity contribution < 1.29 is 13.2 Å². The van der Waals surface area contributed by atoms with E-state index < -0.39 is 27.8 Å². The van der Waals surface area contributed by atoms with Gasteiger partial charge in [0, 0.05) is 5.56 Å². The highest BCUT2D eigenvalue weighted by Gasteiger charge is 2.28. The van der Waals surface area contributed by atoms with Gasteiger partial charge in [-0.3, -0.25) is 13.9 Å². The topological polar surface area (TPSA) is 71.5 Å². The van der Waals surface area contributed by atoms with Gasteiger partial charge in [-0.1, -0.05) is 66.2 Å². The Labute approximate surface area is 163 Å². The van der Waals surface area contributed by atoms with Crippen molar-refractivity contribution in [3.63, 3.8) is 0 Å². The third-order valence-electron chi connectivity index (χ3n) is 4.24. The maximum atomic E-state index is 13.3. The number of benzene rings is 2. The number of rotatable bonds is 6. The molecule has 3 aromatic carbocycles. The fraction of sp³-hybridized carbons (Fsp3) is 0.0909. The molecule has 0 heterocycles. The molecule has 0 fully saturated rings. The molecular formula is C22H19NO4S. The number of Topliss-reactive ketones (excluding diaryl/α,β-unsaturated/α-hetero) is 1. The van der Waals surface area contributed by atoms with Crippen molar-refractivity contribution in [1.29, 1.82) is 0 Å². The predicted octanol–water partition coefficient (Wildman–Crippen LogP) is 3.43. The van der Waals surface area contributed by atoms with Crippen LogP contribution >= 0.6 is 0 Å². The average molecular weight is 393 g/mol. The summed E-state index contributed by atoms with van der Waals surface area (Å²) >= 11 is 0. The van der Waals surface area contributed by atoms with E-state index in [-0.39, 0.29) is 10.6 Å². The molecule has 28 heavy (non-hydrogen) atoms. The van der Waals surface area contributed by atoms with Crippen LogP contribution in [0.1, 0.15) is 15.9 Å². The highest BCUT2D eigenvalue weighted by molar-refractivity contribution is 7.92. The summed E-state index contributed by atoms with van der Waals surface area (Å²) in [6, 6.07) is 22.1. The molecule has 3 aromatic rings. The molecule has 0 atom stereocenters. The Hall–Kier alpha value is -3.25. The first-order valence-electron chi connectivity index (χ1n) is 8.66. The molecule has 0 N–H and O–H groups in total. The lowest BCUT2D eigenvalue weighted by atomic mass is 10.1. The first kappa shape index (κ1) is 19.5. The quantitative estimate of drug-likeness (QED) is 0.602. The van der Waals surface area contributed by atoms with E-state index in [4.69, 9.17) is 0 Å². The van der Waals surface area contributed by atoms with Gasteiger partial charge < -0.3 is 0 Å². The fourth-order valence-electron chi connectivity index (χ4n) is 2.71. The Morgan fingerprint density at radius 1 is 0.821 bits per heavy atom. The standard InChI is InChI=1S/C22H19NO4S/c1-17-12-14-19(15-13-17)28(26,27)23(20-10-6-3-7-11-21(20)24)16-22(25)18-8-4-2-5-9-18/h2-15H,16H2,1H3. The third-order valence-corrected chi connectivity index (χ3v) is 6.01. The first-order valence-corrected chi connectivity index (χ1v) is 10.1. The number of hydrogen-bond donors (Lipinski definition) is 0. The van der Waals surface area contributed by atoms with Gasteiger partial charge in [0.25, 0.3) is 10.0 Å². The second kappa shape index (κ2) is 8.19. The summed E-state index contributed by atoms with van der Waals surface area (Å²) in [7, 11) is -4.11. The van der Waals surface area contributed by atoms with Crippen LogP contribution in [0.3, 0.4) is 0 Å². The summed E-state index contributed by atoms with van der Waals surface area (Å²) in [6.45, 7) is 1.37. The zero-order valence-corrected chi connectivity index (χ0v) is 16.1. The number of nitrogens with zero attached hydrogens (tertiary/aromatic N) is 1. The van der Waals surface area contributed by atoms with Gasteiger partial charge in [0.1, 0.15) is 0 Å². The van der Waals surface area contributed by atoms with Gasteiger partial charge in [-0.2, -0.15) is 0 Å². The molecule has 6 heteroatoms. The fourth-order valence-corrected chi connectivity index (χ4v) is 4.14. The average Bonchev–Trinajstić information content (AvgIpc) is 2.91. The molecule has 0 aliphatic heterocycles. The zero-order valence-electron chi connectivity index (χ0n) is 15.3. The van der Waals surface area contributed by atoms with Gasteiger partial charge in [-0.25, -0.2) is 8.42 Å². The molecular weight excluding hydrogens is 374 g/mol. The van der Waals surface area contributed by atoms with Gasteiger partial charge >= 0.3 is 0 Å². The lowest BCUT2D eigenvalue weighted by Gasteiger charge is -2.23. The van der Waals surface area contributed by atoms with Crippen LogP contribution in [0.4, 0.5) is 5.69 Å². The van der Waals surface area contributed by atoms with Crippen molar-refractivity contribution in [3.05, 3.63) is 106 Å². The second-order valence-electron chi connectivity index (χ2n) is 6.27. The molecule has 0 saturated heterocycles. The van der Waals surface area contributed by atoms with E-state index in [1.165, 1.54) is 30.3 Å². The van der Waals surface area contributed by atoms with E-state index in [1.54, 1.807) is 54.6 Å². The molecule has 0 aromatic heterocycles. The number of aryl methyl sites for hydroxylation is 1. The highest BCUT2D eigenvalue weighted by Crippen LogP contribution is 2.22. The Morgan fingerprint density at radius 3 is 2.04 bits per heavy atom. The second-order valence-corrected chi connectivity index (χ2v) is 8.14. The molecule has 0 radical (unpaired) electrons. The highest BCUT2D eigenvalue weighted by atomic mass is 32.2. The molecule has 5 nitrogen and oxygen atoms in total. The summed E-state index contributed by atoms with van der Waals surface area (Å²) in [5.74, 6) is -0.401. The Kier molecular flexibility index (Phi) is 5.70. The lowest BCUT2D eigenvalue weighted by molar-refractivity contribution is 0.100. The maximum Gasteiger partial charge on any atom is 0.264 e. The number of carbonyl (C=O) groups excluding carboxylic acids is 1. The van der Waals surface area contributed by atoms with Crippen molar-refractivity contribution in [1.82, 2.24) is 0 Å².